The number of hydrogen-bond acceptors (Lipinski definition) is 3. The number of aromatic nitrogens is 3. The molecule has 1 aliphatic carbocycles. The lowest BCUT2D eigenvalue weighted by Crippen LogP contribution is -2.23. The van der Waals surface area contributed by atoms with Crippen LogP contribution in [0.2, 0.25) is 0 Å². The van der Waals surface area contributed by atoms with Gasteiger partial charge in [0.05, 0.1) is 5.52 Å². The van der Waals surface area contributed by atoms with Crippen LogP contribution < -0.4 is 11.0 Å². The summed E-state index contributed by atoms with van der Waals surface area (Å²) in [5.41, 5.74) is 0.721. The van der Waals surface area contributed by atoms with Crippen LogP contribution in [0.25, 0.3) is 21.9 Å². The minimum atomic E-state index is -0.321. The summed E-state index contributed by atoms with van der Waals surface area (Å²) in [5, 5.41) is 0.710. The standard InChI is InChI=1S/C17H17N3O2/c1-20-12-9-5-4-8-11(12)14(21)13-16(20)18-15(19-17(13)22)10-6-2-3-7-10/h4-5,8-10H,2-3,6-7H2,1H3,(H,18,19,22). The number of hydrogen-bond donors (Lipinski definition) is 1. The molecule has 0 radical (unpaired) electrons. The van der Waals surface area contributed by atoms with Gasteiger partial charge in [-0.15, -0.1) is 0 Å². The summed E-state index contributed by atoms with van der Waals surface area (Å²) in [5.74, 6) is 1.03. The average molecular weight is 295 g/mol. The van der Waals surface area contributed by atoms with E-state index in [0.29, 0.717) is 17.0 Å². The number of nitrogens with zero attached hydrogens (tertiary/aromatic N) is 2. The molecule has 2 aromatic heterocycles. The fourth-order valence-electron chi connectivity index (χ4n) is 3.53. The fourth-order valence-corrected chi connectivity index (χ4v) is 3.53. The number of aromatic amines is 1. The van der Waals surface area contributed by atoms with E-state index in [1.807, 2.05) is 29.8 Å². The zero-order chi connectivity index (χ0) is 15.3. The van der Waals surface area contributed by atoms with Crippen LogP contribution in [-0.4, -0.2) is 14.5 Å². The van der Waals surface area contributed by atoms with E-state index in [2.05, 4.69) is 9.97 Å². The predicted molar refractivity (Wildman–Crippen MR) is 86.3 cm³/mol. The number of aryl methyl sites for hydroxylation is 1. The summed E-state index contributed by atoms with van der Waals surface area (Å²) < 4.78 is 1.85. The Bertz CT molecular complexity index is 994. The van der Waals surface area contributed by atoms with Crippen LogP contribution in [0.3, 0.4) is 0 Å². The Kier molecular flexibility index (Phi) is 2.89. The lowest BCUT2D eigenvalue weighted by atomic mass is 10.1. The van der Waals surface area contributed by atoms with Crippen LogP contribution in [0.15, 0.2) is 33.9 Å². The molecule has 5 heteroatoms. The smallest absolute Gasteiger partial charge is 0.264 e. The van der Waals surface area contributed by atoms with Crippen LogP contribution >= 0.6 is 0 Å². The third kappa shape index (κ3) is 1.81. The number of para-hydroxylation sites is 1. The molecule has 1 N–H and O–H groups in total. The molecule has 1 saturated carbocycles. The quantitative estimate of drug-likeness (QED) is 0.701. The van der Waals surface area contributed by atoms with E-state index in [9.17, 15) is 9.59 Å². The number of H-pyrrole nitrogens is 1. The van der Waals surface area contributed by atoms with Crippen molar-refractivity contribution in [3.63, 3.8) is 0 Å². The molecule has 0 unspecified atom stereocenters. The van der Waals surface area contributed by atoms with Crippen molar-refractivity contribution < 1.29 is 0 Å². The maximum Gasteiger partial charge on any atom is 0.264 e. The fraction of sp³-hybridized carbons (Fsp3) is 0.353. The second kappa shape index (κ2) is 4.80. The molecule has 22 heavy (non-hydrogen) atoms. The van der Waals surface area contributed by atoms with Gasteiger partial charge in [-0.05, 0) is 25.0 Å². The van der Waals surface area contributed by atoms with Gasteiger partial charge in [0.2, 0.25) is 5.43 Å². The van der Waals surface area contributed by atoms with Gasteiger partial charge in [-0.25, -0.2) is 4.98 Å². The van der Waals surface area contributed by atoms with Crippen molar-refractivity contribution in [1.29, 1.82) is 0 Å². The first-order chi connectivity index (χ1) is 10.7. The molecular formula is C17H17N3O2. The molecule has 0 spiro atoms. The summed E-state index contributed by atoms with van der Waals surface area (Å²) in [6.07, 6.45) is 4.44. The molecule has 112 valence electrons. The highest BCUT2D eigenvalue weighted by molar-refractivity contribution is 5.91. The predicted octanol–water partition coefficient (Wildman–Crippen LogP) is 2.43. The lowest BCUT2D eigenvalue weighted by Gasteiger charge is -2.12. The molecule has 1 aliphatic rings. The Labute approximate surface area is 126 Å². The van der Waals surface area contributed by atoms with Crippen molar-refractivity contribution >= 4 is 21.9 Å². The topological polar surface area (TPSA) is 67.8 Å². The molecule has 3 aromatic rings. The molecule has 0 saturated heterocycles. The summed E-state index contributed by atoms with van der Waals surface area (Å²) in [6.45, 7) is 0. The van der Waals surface area contributed by atoms with Crippen LogP contribution in [0, 0.1) is 0 Å². The zero-order valence-corrected chi connectivity index (χ0v) is 12.4. The van der Waals surface area contributed by atoms with Gasteiger partial charge >= 0.3 is 0 Å². The number of rotatable bonds is 1. The first-order valence-electron chi connectivity index (χ1n) is 7.68. The Hall–Kier alpha value is -2.43. The highest BCUT2D eigenvalue weighted by Crippen LogP contribution is 2.31. The Balaban J connectivity index is 2.13. The number of pyridine rings is 1. The summed E-state index contributed by atoms with van der Waals surface area (Å²) in [6, 6.07) is 7.33. The first kappa shape index (κ1) is 13.2. The molecular weight excluding hydrogens is 278 g/mol. The van der Waals surface area contributed by atoms with Crippen LogP contribution in [0.1, 0.15) is 37.4 Å². The number of benzene rings is 1. The summed E-state index contributed by atoms with van der Waals surface area (Å²) in [7, 11) is 1.86. The molecule has 4 rings (SSSR count). The Morgan fingerprint density at radius 3 is 2.68 bits per heavy atom. The van der Waals surface area contributed by atoms with Gasteiger partial charge < -0.3 is 9.55 Å². The zero-order valence-electron chi connectivity index (χ0n) is 12.4. The van der Waals surface area contributed by atoms with E-state index in [1.165, 1.54) is 12.8 Å². The third-order valence-electron chi connectivity index (χ3n) is 4.72. The maximum atomic E-state index is 12.6. The summed E-state index contributed by atoms with van der Waals surface area (Å²) in [4.78, 5) is 32.6. The molecule has 5 nitrogen and oxygen atoms in total. The maximum absolute atomic E-state index is 12.6. The van der Waals surface area contributed by atoms with E-state index in [4.69, 9.17) is 0 Å². The van der Waals surface area contributed by atoms with Crippen molar-refractivity contribution in [1.82, 2.24) is 14.5 Å². The van der Waals surface area contributed by atoms with Gasteiger partial charge in [0.15, 0.2) is 5.65 Å². The first-order valence-corrected chi connectivity index (χ1v) is 7.68. The van der Waals surface area contributed by atoms with Crippen molar-refractivity contribution in [3.8, 4) is 0 Å². The number of fused-ring (bicyclic) bond motifs is 2. The highest BCUT2D eigenvalue weighted by Gasteiger charge is 2.22. The molecule has 2 heterocycles. The minimum Gasteiger partial charge on any atom is -0.328 e. The van der Waals surface area contributed by atoms with Crippen molar-refractivity contribution in [3.05, 3.63) is 50.7 Å². The van der Waals surface area contributed by atoms with Gasteiger partial charge in [-0.3, -0.25) is 9.59 Å². The molecule has 0 atom stereocenters. The largest absolute Gasteiger partial charge is 0.328 e. The summed E-state index contributed by atoms with van der Waals surface area (Å²) >= 11 is 0. The SMILES string of the molecule is Cn1c2ccccc2c(=O)c2c(=O)[nH]c(C3CCCC3)nc21. The highest BCUT2D eigenvalue weighted by atomic mass is 16.1. The number of nitrogens with one attached hydrogen (secondary N) is 1. The van der Waals surface area contributed by atoms with E-state index < -0.39 is 0 Å². The lowest BCUT2D eigenvalue weighted by molar-refractivity contribution is 0.666. The van der Waals surface area contributed by atoms with Crippen molar-refractivity contribution in [2.45, 2.75) is 31.6 Å². The van der Waals surface area contributed by atoms with Gasteiger partial charge in [0, 0.05) is 18.4 Å². The van der Waals surface area contributed by atoms with E-state index in [-0.39, 0.29) is 16.4 Å². The van der Waals surface area contributed by atoms with E-state index >= 15 is 0 Å². The van der Waals surface area contributed by atoms with Crippen LogP contribution in [0.4, 0.5) is 0 Å². The van der Waals surface area contributed by atoms with E-state index in [0.717, 1.165) is 24.2 Å². The average Bonchev–Trinajstić information content (AvgIpc) is 3.06. The third-order valence-corrected chi connectivity index (χ3v) is 4.72. The molecule has 1 fully saturated rings. The van der Waals surface area contributed by atoms with Gasteiger partial charge in [-0.2, -0.15) is 0 Å². The minimum absolute atomic E-state index is 0.156. The monoisotopic (exact) mass is 295 g/mol. The van der Waals surface area contributed by atoms with Crippen LogP contribution in [-0.2, 0) is 7.05 Å². The second-order valence-corrected chi connectivity index (χ2v) is 6.04. The molecule has 0 aliphatic heterocycles. The van der Waals surface area contributed by atoms with Gasteiger partial charge in [0.1, 0.15) is 11.2 Å². The van der Waals surface area contributed by atoms with E-state index in [1.54, 1.807) is 6.07 Å². The molecule has 0 bridgehead atoms. The second-order valence-electron chi connectivity index (χ2n) is 6.04. The van der Waals surface area contributed by atoms with Gasteiger partial charge in [-0.1, -0.05) is 25.0 Å². The van der Waals surface area contributed by atoms with Gasteiger partial charge in [0.25, 0.3) is 5.56 Å². The van der Waals surface area contributed by atoms with Crippen molar-refractivity contribution in [2.75, 3.05) is 0 Å². The Morgan fingerprint density at radius 1 is 1.18 bits per heavy atom. The van der Waals surface area contributed by atoms with Crippen molar-refractivity contribution in [2.24, 2.45) is 7.05 Å². The molecule has 1 aromatic carbocycles. The van der Waals surface area contributed by atoms with Crippen LogP contribution in [0.5, 0.6) is 0 Å². The Morgan fingerprint density at radius 2 is 1.91 bits per heavy atom. The normalized spacial score (nSPS) is 15.9. The molecule has 0 amide bonds.